The maximum absolute atomic E-state index is 12.6. The standard InChI is InChI=1S/C20H20N2O3/c1-25-20(24)14-4-2-13(3-5-14)15-6-7-18-16(10-15)12-22(19(18)23)17-8-9-21-11-17/h2-7,10,17,21H,8-9,11-12H2,1H3. The fourth-order valence-corrected chi connectivity index (χ4v) is 3.64. The van der Waals surface area contributed by atoms with E-state index >= 15 is 0 Å². The predicted octanol–water partition coefficient (Wildman–Crippen LogP) is 2.46. The number of ether oxygens (including phenoxy) is 1. The summed E-state index contributed by atoms with van der Waals surface area (Å²) >= 11 is 0. The van der Waals surface area contributed by atoms with Crippen molar-refractivity contribution >= 4 is 11.9 Å². The van der Waals surface area contributed by atoms with Crippen molar-refractivity contribution in [3.8, 4) is 11.1 Å². The zero-order valence-electron chi connectivity index (χ0n) is 14.1. The maximum Gasteiger partial charge on any atom is 0.337 e. The number of amides is 1. The number of hydrogen-bond donors (Lipinski definition) is 1. The van der Waals surface area contributed by atoms with Gasteiger partial charge in [0.05, 0.1) is 12.7 Å². The molecule has 0 bridgehead atoms. The Balaban J connectivity index is 1.59. The van der Waals surface area contributed by atoms with Crippen molar-refractivity contribution in [3.05, 3.63) is 59.2 Å². The molecular weight excluding hydrogens is 316 g/mol. The molecule has 2 aromatic rings. The zero-order valence-corrected chi connectivity index (χ0v) is 14.1. The number of benzene rings is 2. The van der Waals surface area contributed by atoms with Gasteiger partial charge >= 0.3 is 5.97 Å². The summed E-state index contributed by atoms with van der Waals surface area (Å²) in [7, 11) is 1.37. The van der Waals surface area contributed by atoms with Crippen LogP contribution in [0.1, 0.15) is 32.7 Å². The highest BCUT2D eigenvalue weighted by molar-refractivity contribution is 5.99. The molecule has 1 saturated heterocycles. The highest BCUT2D eigenvalue weighted by atomic mass is 16.5. The van der Waals surface area contributed by atoms with E-state index in [0.29, 0.717) is 18.2 Å². The first-order chi connectivity index (χ1) is 12.2. The lowest BCUT2D eigenvalue weighted by atomic mass is 9.99. The molecule has 1 fully saturated rings. The summed E-state index contributed by atoms with van der Waals surface area (Å²) in [6.07, 6.45) is 1.02. The smallest absolute Gasteiger partial charge is 0.337 e. The van der Waals surface area contributed by atoms with E-state index in [1.54, 1.807) is 12.1 Å². The molecule has 1 unspecified atom stereocenters. The van der Waals surface area contributed by atoms with Gasteiger partial charge in [0.2, 0.25) is 0 Å². The van der Waals surface area contributed by atoms with Crippen LogP contribution in [-0.4, -0.2) is 43.0 Å². The summed E-state index contributed by atoms with van der Waals surface area (Å²) in [4.78, 5) is 26.2. The zero-order chi connectivity index (χ0) is 17.4. The highest BCUT2D eigenvalue weighted by Crippen LogP contribution is 2.30. The number of carbonyl (C=O) groups is 2. The molecule has 0 spiro atoms. The largest absolute Gasteiger partial charge is 0.465 e. The Morgan fingerprint density at radius 1 is 1.16 bits per heavy atom. The molecule has 0 saturated carbocycles. The summed E-state index contributed by atoms with van der Waals surface area (Å²) in [5.41, 5.74) is 4.48. The molecule has 5 heteroatoms. The van der Waals surface area contributed by atoms with Gasteiger partial charge in [0.15, 0.2) is 0 Å². The van der Waals surface area contributed by atoms with E-state index in [-0.39, 0.29) is 11.9 Å². The topological polar surface area (TPSA) is 58.6 Å². The van der Waals surface area contributed by atoms with Gasteiger partial charge in [-0.05, 0) is 53.9 Å². The van der Waals surface area contributed by atoms with Crippen LogP contribution >= 0.6 is 0 Å². The summed E-state index contributed by atoms with van der Waals surface area (Å²) in [5.74, 6) is -0.205. The third kappa shape index (κ3) is 2.81. The van der Waals surface area contributed by atoms with Crippen LogP contribution in [0, 0.1) is 0 Å². The van der Waals surface area contributed by atoms with E-state index in [2.05, 4.69) is 11.4 Å². The number of nitrogens with one attached hydrogen (secondary N) is 1. The number of methoxy groups -OCH3 is 1. The number of hydrogen-bond acceptors (Lipinski definition) is 4. The van der Waals surface area contributed by atoms with Gasteiger partial charge in [-0.15, -0.1) is 0 Å². The minimum Gasteiger partial charge on any atom is -0.465 e. The number of carbonyl (C=O) groups excluding carboxylic acids is 2. The molecule has 2 aliphatic rings. The molecule has 5 nitrogen and oxygen atoms in total. The van der Waals surface area contributed by atoms with Crippen molar-refractivity contribution in [1.82, 2.24) is 10.2 Å². The van der Waals surface area contributed by atoms with Crippen molar-refractivity contribution < 1.29 is 14.3 Å². The van der Waals surface area contributed by atoms with Gasteiger partial charge in [-0.25, -0.2) is 4.79 Å². The van der Waals surface area contributed by atoms with E-state index in [0.717, 1.165) is 41.8 Å². The molecule has 4 rings (SSSR count). The van der Waals surface area contributed by atoms with Crippen LogP contribution in [0.25, 0.3) is 11.1 Å². The molecule has 25 heavy (non-hydrogen) atoms. The van der Waals surface area contributed by atoms with Crippen molar-refractivity contribution in [2.24, 2.45) is 0 Å². The second-order valence-corrected chi connectivity index (χ2v) is 6.52. The van der Waals surface area contributed by atoms with Crippen LogP contribution in [0.4, 0.5) is 0 Å². The van der Waals surface area contributed by atoms with Crippen molar-refractivity contribution in [3.63, 3.8) is 0 Å². The van der Waals surface area contributed by atoms with E-state index in [9.17, 15) is 9.59 Å². The minimum absolute atomic E-state index is 0.135. The Labute approximate surface area is 146 Å². The van der Waals surface area contributed by atoms with Gasteiger partial charge in [0, 0.05) is 24.7 Å². The van der Waals surface area contributed by atoms with Crippen molar-refractivity contribution in [2.45, 2.75) is 19.0 Å². The molecule has 2 aliphatic heterocycles. The molecule has 0 aliphatic carbocycles. The van der Waals surface area contributed by atoms with Crippen LogP contribution in [-0.2, 0) is 11.3 Å². The summed E-state index contributed by atoms with van der Waals surface area (Å²) < 4.78 is 4.73. The van der Waals surface area contributed by atoms with Gasteiger partial charge in [-0.2, -0.15) is 0 Å². The summed E-state index contributed by atoms with van der Waals surface area (Å²) in [5, 5.41) is 3.32. The fraction of sp³-hybridized carbons (Fsp3) is 0.300. The van der Waals surface area contributed by atoms with Gasteiger partial charge in [-0.1, -0.05) is 18.2 Å². The Kier molecular flexibility index (Phi) is 4.01. The van der Waals surface area contributed by atoms with Gasteiger partial charge in [0.25, 0.3) is 5.91 Å². The summed E-state index contributed by atoms with van der Waals surface area (Å²) in [6.45, 7) is 2.53. The molecule has 2 heterocycles. The quantitative estimate of drug-likeness (QED) is 0.875. The third-order valence-corrected chi connectivity index (χ3v) is 5.05. The SMILES string of the molecule is COC(=O)c1ccc(-c2ccc3c(c2)CN(C2CCNC2)C3=O)cc1. The van der Waals surface area contributed by atoms with E-state index < -0.39 is 0 Å². The van der Waals surface area contributed by atoms with Crippen LogP contribution in [0.3, 0.4) is 0 Å². The van der Waals surface area contributed by atoms with Gasteiger partial charge in [-0.3, -0.25) is 4.79 Å². The Hall–Kier alpha value is -2.66. The first kappa shape index (κ1) is 15.8. The fourth-order valence-electron chi connectivity index (χ4n) is 3.64. The third-order valence-electron chi connectivity index (χ3n) is 5.05. The van der Waals surface area contributed by atoms with E-state index in [1.165, 1.54) is 7.11 Å². The average Bonchev–Trinajstić information content (AvgIpc) is 3.29. The van der Waals surface area contributed by atoms with Crippen LogP contribution in [0.5, 0.6) is 0 Å². The number of nitrogens with zero attached hydrogens (tertiary/aromatic N) is 1. The van der Waals surface area contributed by atoms with E-state index in [1.807, 2.05) is 29.2 Å². The van der Waals surface area contributed by atoms with Gasteiger partial charge < -0.3 is 15.0 Å². The lowest BCUT2D eigenvalue weighted by molar-refractivity contribution is 0.0600. The number of fused-ring (bicyclic) bond motifs is 1. The Morgan fingerprint density at radius 3 is 2.60 bits per heavy atom. The van der Waals surface area contributed by atoms with Crippen molar-refractivity contribution in [2.75, 3.05) is 20.2 Å². The van der Waals surface area contributed by atoms with Crippen molar-refractivity contribution in [1.29, 1.82) is 0 Å². The van der Waals surface area contributed by atoms with Crippen LogP contribution in [0.15, 0.2) is 42.5 Å². The maximum atomic E-state index is 12.6. The summed E-state index contributed by atoms with van der Waals surface area (Å²) in [6, 6.07) is 13.6. The minimum atomic E-state index is -0.341. The van der Waals surface area contributed by atoms with Crippen LogP contribution in [0.2, 0.25) is 0 Å². The van der Waals surface area contributed by atoms with Gasteiger partial charge in [0.1, 0.15) is 0 Å². The van der Waals surface area contributed by atoms with Crippen LogP contribution < -0.4 is 5.32 Å². The monoisotopic (exact) mass is 336 g/mol. The molecule has 0 aromatic heterocycles. The molecule has 1 amide bonds. The number of rotatable bonds is 3. The average molecular weight is 336 g/mol. The lowest BCUT2D eigenvalue weighted by Crippen LogP contribution is -2.36. The number of esters is 1. The molecule has 0 radical (unpaired) electrons. The molecule has 1 N–H and O–H groups in total. The predicted molar refractivity (Wildman–Crippen MR) is 94.4 cm³/mol. The highest BCUT2D eigenvalue weighted by Gasteiger charge is 2.34. The Morgan fingerprint density at radius 2 is 1.92 bits per heavy atom. The molecule has 2 aromatic carbocycles. The first-order valence-electron chi connectivity index (χ1n) is 8.51. The van der Waals surface area contributed by atoms with E-state index in [4.69, 9.17) is 4.74 Å². The molecule has 1 atom stereocenters. The lowest BCUT2D eigenvalue weighted by Gasteiger charge is -2.22. The second-order valence-electron chi connectivity index (χ2n) is 6.52. The Bertz CT molecular complexity index is 823. The normalized spacial score (nSPS) is 19.2. The second kappa shape index (κ2) is 6.33. The molecule has 128 valence electrons. The molecular formula is C20H20N2O3. The first-order valence-corrected chi connectivity index (χ1v) is 8.51.